The lowest BCUT2D eigenvalue weighted by atomic mass is 10.1. The minimum absolute atomic E-state index is 0.00630. The quantitative estimate of drug-likeness (QED) is 0.791. The maximum Gasteiger partial charge on any atom is 0.341 e. The van der Waals surface area contributed by atoms with Gasteiger partial charge in [-0.05, 0) is 12.5 Å². The molecule has 0 unspecified atom stereocenters. The van der Waals surface area contributed by atoms with Crippen LogP contribution in [0.2, 0.25) is 5.02 Å². The van der Waals surface area contributed by atoms with Gasteiger partial charge in [-0.25, -0.2) is 22.9 Å². The van der Waals surface area contributed by atoms with Gasteiger partial charge < -0.3 is 9.64 Å². The molecule has 0 bridgehead atoms. The van der Waals surface area contributed by atoms with Crippen LogP contribution in [0, 0.1) is 0 Å². The van der Waals surface area contributed by atoms with E-state index >= 15 is 0 Å². The molecule has 0 aliphatic carbocycles. The fourth-order valence-corrected chi connectivity index (χ4v) is 2.59. The summed E-state index contributed by atoms with van der Waals surface area (Å²) in [4.78, 5) is 17.5. The number of nitrogens with zero attached hydrogens (tertiary/aromatic N) is 2. The van der Waals surface area contributed by atoms with Crippen molar-refractivity contribution in [1.29, 1.82) is 0 Å². The number of hydrogen-bond acceptors (Lipinski definition) is 4. The molecule has 1 aliphatic heterocycles. The summed E-state index contributed by atoms with van der Waals surface area (Å²) in [6.45, 7) is -0.575. The fourth-order valence-electron chi connectivity index (χ4n) is 2.39. The largest absolute Gasteiger partial charge is 0.465 e. The maximum absolute atomic E-state index is 13.5. The number of aromatic nitrogens is 1. The normalized spacial score (nSPS) is 18.0. The fraction of sp³-hybridized carbons (Fsp3) is 0.571. The second kappa shape index (κ2) is 6.73. The van der Waals surface area contributed by atoms with E-state index < -0.39 is 18.6 Å². The Morgan fingerprint density at radius 3 is 2.82 bits per heavy atom. The number of pyridine rings is 1. The van der Waals surface area contributed by atoms with Crippen molar-refractivity contribution in [2.45, 2.75) is 31.9 Å². The van der Waals surface area contributed by atoms with Gasteiger partial charge in [-0.2, -0.15) is 0 Å². The highest BCUT2D eigenvalue weighted by molar-refractivity contribution is 6.31. The number of rotatable bonds is 3. The van der Waals surface area contributed by atoms with Crippen LogP contribution in [-0.4, -0.2) is 37.1 Å². The van der Waals surface area contributed by atoms with Gasteiger partial charge in [0.2, 0.25) is 5.92 Å². The van der Waals surface area contributed by atoms with Crippen molar-refractivity contribution in [3.05, 3.63) is 22.3 Å². The second-order valence-corrected chi connectivity index (χ2v) is 5.52. The first-order chi connectivity index (χ1) is 10.4. The number of alkyl halides is 3. The molecule has 0 spiro atoms. The van der Waals surface area contributed by atoms with E-state index in [9.17, 15) is 18.0 Å². The molecule has 1 saturated heterocycles. The Hall–Kier alpha value is -1.50. The zero-order valence-electron chi connectivity index (χ0n) is 12.0. The van der Waals surface area contributed by atoms with Crippen molar-refractivity contribution in [3.63, 3.8) is 0 Å². The number of methoxy groups -OCH3 is 1. The number of halogens is 4. The summed E-state index contributed by atoms with van der Waals surface area (Å²) in [6.07, 6.45) is -0.313. The topological polar surface area (TPSA) is 42.4 Å². The predicted octanol–water partition coefficient (Wildman–Crippen LogP) is 3.62. The van der Waals surface area contributed by atoms with E-state index in [4.69, 9.17) is 11.6 Å². The molecule has 1 fully saturated rings. The van der Waals surface area contributed by atoms with Gasteiger partial charge >= 0.3 is 5.97 Å². The first-order valence-electron chi connectivity index (χ1n) is 6.84. The zero-order chi connectivity index (χ0) is 16.3. The molecule has 0 N–H and O–H groups in total. The van der Waals surface area contributed by atoms with Crippen LogP contribution in [0.15, 0.2) is 6.07 Å². The van der Waals surface area contributed by atoms with Gasteiger partial charge in [0, 0.05) is 25.9 Å². The number of hydrogen-bond donors (Lipinski definition) is 0. The molecule has 1 aromatic rings. The number of carbonyl (C=O) groups excluding carboxylic acids is 1. The first-order valence-corrected chi connectivity index (χ1v) is 7.22. The Morgan fingerprint density at radius 2 is 2.18 bits per heavy atom. The SMILES string of the molecule is COC(=O)c1cc(Cl)c(CF)nc1N1CCCC(F)(F)CC1. The monoisotopic (exact) mass is 336 g/mol. The van der Waals surface area contributed by atoms with Crippen molar-refractivity contribution < 1.29 is 22.7 Å². The molecule has 0 amide bonds. The molecular formula is C14H16ClF3N2O2. The van der Waals surface area contributed by atoms with Crippen LogP contribution in [0.5, 0.6) is 0 Å². The van der Waals surface area contributed by atoms with Gasteiger partial charge in [0.05, 0.1) is 17.8 Å². The second-order valence-electron chi connectivity index (χ2n) is 5.11. The minimum atomic E-state index is -2.74. The van der Waals surface area contributed by atoms with Gasteiger partial charge in [-0.15, -0.1) is 0 Å². The Morgan fingerprint density at radius 1 is 1.45 bits per heavy atom. The molecule has 8 heteroatoms. The highest BCUT2D eigenvalue weighted by Gasteiger charge is 2.33. The molecule has 0 atom stereocenters. The van der Waals surface area contributed by atoms with Crippen molar-refractivity contribution in [2.24, 2.45) is 0 Å². The van der Waals surface area contributed by atoms with E-state index in [1.807, 2.05) is 0 Å². The molecule has 1 aromatic heterocycles. The summed E-state index contributed by atoms with van der Waals surface area (Å²) in [5, 5.41) is 0.00630. The zero-order valence-corrected chi connectivity index (χ0v) is 12.8. The summed E-state index contributed by atoms with van der Waals surface area (Å²) in [5.41, 5.74) is 0.0234. The van der Waals surface area contributed by atoms with E-state index in [0.717, 1.165) is 0 Å². The van der Waals surface area contributed by atoms with Crippen LogP contribution in [0.1, 0.15) is 35.3 Å². The van der Waals surface area contributed by atoms with E-state index in [1.54, 1.807) is 4.90 Å². The van der Waals surface area contributed by atoms with Crippen LogP contribution >= 0.6 is 11.6 Å². The first kappa shape index (κ1) is 16.9. The van der Waals surface area contributed by atoms with Crippen molar-refractivity contribution in [3.8, 4) is 0 Å². The maximum atomic E-state index is 13.5. The molecule has 22 heavy (non-hydrogen) atoms. The summed E-state index contributed by atoms with van der Waals surface area (Å²) in [7, 11) is 1.19. The van der Waals surface area contributed by atoms with Gasteiger partial charge in [0.25, 0.3) is 0 Å². The van der Waals surface area contributed by atoms with E-state index in [-0.39, 0.29) is 47.9 Å². The smallest absolute Gasteiger partial charge is 0.341 e. The highest BCUT2D eigenvalue weighted by Crippen LogP contribution is 2.32. The lowest BCUT2D eigenvalue weighted by Crippen LogP contribution is -2.29. The third kappa shape index (κ3) is 3.63. The molecule has 0 aromatic carbocycles. The predicted molar refractivity (Wildman–Crippen MR) is 76.4 cm³/mol. The molecule has 0 saturated carbocycles. The minimum Gasteiger partial charge on any atom is -0.465 e. The number of anilines is 1. The van der Waals surface area contributed by atoms with Crippen molar-refractivity contribution in [1.82, 2.24) is 4.98 Å². The number of carbonyl (C=O) groups is 1. The average Bonchev–Trinajstić information content (AvgIpc) is 2.67. The van der Waals surface area contributed by atoms with E-state index in [1.165, 1.54) is 13.2 Å². The van der Waals surface area contributed by atoms with Crippen LogP contribution in [-0.2, 0) is 11.4 Å². The van der Waals surface area contributed by atoms with E-state index in [2.05, 4.69) is 9.72 Å². The summed E-state index contributed by atoms with van der Waals surface area (Å²) < 4.78 is 44.5. The summed E-state index contributed by atoms with van der Waals surface area (Å²) in [6, 6.07) is 1.27. The molecular weight excluding hydrogens is 321 g/mol. The van der Waals surface area contributed by atoms with Crippen LogP contribution < -0.4 is 4.90 Å². The van der Waals surface area contributed by atoms with Gasteiger partial charge in [0.1, 0.15) is 18.1 Å². The lowest BCUT2D eigenvalue weighted by Gasteiger charge is -2.24. The standard InChI is InChI=1S/C14H16ClF3N2O2/c1-22-13(21)9-7-10(15)11(8-16)19-12(9)20-5-2-3-14(17,18)4-6-20/h7H,2-6,8H2,1H3. The molecule has 122 valence electrons. The Bertz CT molecular complexity index is 569. The average molecular weight is 337 g/mol. The Labute approximate surface area is 131 Å². The number of esters is 1. The Balaban J connectivity index is 2.41. The number of ether oxygens (including phenoxy) is 1. The van der Waals surface area contributed by atoms with Crippen molar-refractivity contribution in [2.75, 3.05) is 25.1 Å². The Kier molecular flexibility index (Phi) is 5.16. The van der Waals surface area contributed by atoms with Crippen molar-refractivity contribution >= 4 is 23.4 Å². The van der Waals surface area contributed by atoms with Crippen LogP contribution in [0.25, 0.3) is 0 Å². The lowest BCUT2D eigenvalue weighted by molar-refractivity contribution is -0.0102. The third-order valence-electron chi connectivity index (χ3n) is 3.58. The molecule has 2 heterocycles. The molecule has 2 rings (SSSR count). The van der Waals surface area contributed by atoms with Gasteiger partial charge in [-0.1, -0.05) is 11.6 Å². The van der Waals surface area contributed by atoms with E-state index in [0.29, 0.717) is 6.54 Å². The highest BCUT2D eigenvalue weighted by atomic mass is 35.5. The molecule has 4 nitrogen and oxygen atoms in total. The molecule has 0 radical (unpaired) electrons. The van der Waals surface area contributed by atoms with Gasteiger partial charge in [0.15, 0.2) is 0 Å². The molecule has 1 aliphatic rings. The summed E-state index contributed by atoms with van der Waals surface area (Å²) in [5.74, 6) is -3.29. The van der Waals surface area contributed by atoms with Crippen LogP contribution in [0.3, 0.4) is 0 Å². The third-order valence-corrected chi connectivity index (χ3v) is 3.91. The van der Waals surface area contributed by atoms with Crippen LogP contribution in [0.4, 0.5) is 19.0 Å². The van der Waals surface area contributed by atoms with Gasteiger partial charge in [-0.3, -0.25) is 0 Å². The summed E-state index contributed by atoms with van der Waals surface area (Å²) >= 11 is 5.87.